The summed E-state index contributed by atoms with van der Waals surface area (Å²) in [6.45, 7) is 4.43. The molecule has 1 nitrogen and oxygen atoms in total. The Hall–Kier alpha value is -2.41. The third-order valence-corrected chi connectivity index (χ3v) is 3.72. The molecule has 0 radical (unpaired) electrons. The molecule has 0 amide bonds. The maximum atomic E-state index is 2.32. The van der Waals surface area contributed by atoms with E-state index in [1.165, 1.54) is 22.4 Å². The highest BCUT2D eigenvalue weighted by Crippen LogP contribution is 2.24. The normalized spacial score (nSPS) is 10.8. The standard InChI is InChI=1S/C20H20N/c1-16(2)21-14-13-19(17-9-5-3-6-10-17)15-20(21)18-11-7-4-8-12-18/h3-16H,1-2H3/q+1. The highest BCUT2D eigenvalue weighted by molar-refractivity contribution is 5.68. The summed E-state index contributed by atoms with van der Waals surface area (Å²) < 4.78 is 2.32. The molecule has 0 aliphatic heterocycles. The number of benzene rings is 2. The lowest BCUT2D eigenvalue weighted by Gasteiger charge is -2.09. The Morgan fingerprint density at radius 1 is 0.667 bits per heavy atom. The molecule has 0 aliphatic rings. The van der Waals surface area contributed by atoms with Crippen LogP contribution in [0.3, 0.4) is 0 Å². The van der Waals surface area contributed by atoms with Gasteiger partial charge in [-0.15, -0.1) is 0 Å². The van der Waals surface area contributed by atoms with E-state index in [-0.39, 0.29) is 0 Å². The molecule has 0 spiro atoms. The molecule has 0 saturated heterocycles. The first-order chi connectivity index (χ1) is 10.3. The van der Waals surface area contributed by atoms with E-state index in [2.05, 4.69) is 97.4 Å². The fraction of sp³-hybridized carbons (Fsp3) is 0.150. The molecule has 1 aromatic heterocycles. The van der Waals surface area contributed by atoms with Crippen molar-refractivity contribution in [2.45, 2.75) is 19.9 Å². The monoisotopic (exact) mass is 274 g/mol. The van der Waals surface area contributed by atoms with Gasteiger partial charge in [0.2, 0.25) is 5.69 Å². The Morgan fingerprint density at radius 3 is 1.81 bits per heavy atom. The first kappa shape index (κ1) is 13.6. The van der Waals surface area contributed by atoms with Crippen LogP contribution in [-0.4, -0.2) is 0 Å². The highest BCUT2D eigenvalue weighted by atomic mass is 15.0. The van der Waals surface area contributed by atoms with Crippen molar-refractivity contribution in [2.24, 2.45) is 0 Å². The van der Waals surface area contributed by atoms with Gasteiger partial charge in [-0.1, -0.05) is 48.5 Å². The van der Waals surface area contributed by atoms with E-state index in [0.717, 1.165) is 0 Å². The third-order valence-electron chi connectivity index (χ3n) is 3.72. The molecule has 0 atom stereocenters. The van der Waals surface area contributed by atoms with Crippen LogP contribution < -0.4 is 4.57 Å². The van der Waals surface area contributed by atoms with Gasteiger partial charge in [-0.05, 0) is 37.1 Å². The van der Waals surface area contributed by atoms with Gasteiger partial charge in [0.05, 0.1) is 0 Å². The minimum absolute atomic E-state index is 0.435. The molecule has 0 unspecified atom stereocenters. The SMILES string of the molecule is CC(C)[n+]1ccc(-c2ccccc2)cc1-c1ccccc1. The van der Waals surface area contributed by atoms with Gasteiger partial charge in [0.1, 0.15) is 0 Å². The van der Waals surface area contributed by atoms with E-state index < -0.39 is 0 Å². The number of rotatable bonds is 3. The van der Waals surface area contributed by atoms with Crippen molar-refractivity contribution in [3.05, 3.63) is 79.0 Å². The van der Waals surface area contributed by atoms with Crippen molar-refractivity contribution in [3.8, 4) is 22.4 Å². The van der Waals surface area contributed by atoms with E-state index in [1.54, 1.807) is 0 Å². The maximum Gasteiger partial charge on any atom is 0.213 e. The van der Waals surface area contributed by atoms with Crippen molar-refractivity contribution in [1.29, 1.82) is 0 Å². The minimum atomic E-state index is 0.435. The number of hydrogen-bond donors (Lipinski definition) is 0. The molecule has 104 valence electrons. The average molecular weight is 274 g/mol. The van der Waals surface area contributed by atoms with Gasteiger partial charge in [-0.25, -0.2) is 0 Å². The Morgan fingerprint density at radius 2 is 1.24 bits per heavy atom. The van der Waals surface area contributed by atoms with Gasteiger partial charge >= 0.3 is 0 Å². The van der Waals surface area contributed by atoms with Crippen LogP contribution in [0.4, 0.5) is 0 Å². The average Bonchev–Trinajstić information content (AvgIpc) is 2.56. The van der Waals surface area contributed by atoms with Crippen molar-refractivity contribution < 1.29 is 4.57 Å². The molecule has 3 aromatic rings. The highest BCUT2D eigenvalue weighted by Gasteiger charge is 2.17. The molecular formula is C20H20N+. The minimum Gasteiger partial charge on any atom is -0.196 e. The zero-order valence-corrected chi connectivity index (χ0v) is 12.5. The molecule has 0 saturated carbocycles. The summed E-state index contributed by atoms with van der Waals surface area (Å²) in [5, 5.41) is 0. The maximum absolute atomic E-state index is 2.32. The predicted molar refractivity (Wildman–Crippen MR) is 87.9 cm³/mol. The van der Waals surface area contributed by atoms with Crippen LogP contribution in [0.1, 0.15) is 19.9 Å². The smallest absolute Gasteiger partial charge is 0.196 e. The second-order valence-electron chi connectivity index (χ2n) is 5.53. The summed E-state index contributed by atoms with van der Waals surface area (Å²) in [4.78, 5) is 0. The zero-order valence-electron chi connectivity index (χ0n) is 12.5. The summed E-state index contributed by atoms with van der Waals surface area (Å²) in [6.07, 6.45) is 2.19. The molecule has 0 bridgehead atoms. The molecule has 1 heterocycles. The van der Waals surface area contributed by atoms with Crippen LogP contribution in [0.15, 0.2) is 79.0 Å². The molecule has 21 heavy (non-hydrogen) atoms. The van der Waals surface area contributed by atoms with Gasteiger partial charge in [0, 0.05) is 17.7 Å². The van der Waals surface area contributed by atoms with Crippen LogP contribution >= 0.6 is 0 Å². The number of hydrogen-bond acceptors (Lipinski definition) is 0. The van der Waals surface area contributed by atoms with Gasteiger partial charge in [-0.2, -0.15) is 4.57 Å². The van der Waals surface area contributed by atoms with Crippen LogP contribution in [0, 0.1) is 0 Å². The van der Waals surface area contributed by atoms with Crippen molar-refractivity contribution in [1.82, 2.24) is 0 Å². The molecule has 2 aromatic carbocycles. The lowest BCUT2D eigenvalue weighted by atomic mass is 10.0. The van der Waals surface area contributed by atoms with E-state index in [0.29, 0.717) is 6.04 Å². The van der Waals surface area contributed by atoms with Gasteiger partial charge < -0.3 is 0 Å². The fourth-order valence-electron chi connectivity index (χ4n) is 2.61. The summed E-state index contributed by atoms with van der Waals surface area (Å²) in [7, 11) is 0. The van der Waals surface area contributed by atoms with Gasteiger partial charge in [0.15, 0.2) is 12.2 Å². The topological polar surface area (TPSA) is 3.88 Å². The van der Waals surface area contributed by atoms with E-state index in [1.807, 2.05) is 0 Å². The number of nitrogens with zero attached hydrogens (tertiary/aromatic N) is 1. The van der Waals surface area contributed by atoms with Gasteiger partial charge in [0.25, 0.3) is 0 Å². The lowest BCUT2D eigenvalue weighted by molar-refractivity contribution is -0.705. The van der Waals surface area contributed by atoms with Crippen LogP contribution in [0.2, 0.25) is 0 Å². The molecule has 3 rings (SSSR count). The van der Waals surface area contributed by atoms with Crippen LogP contribution in [-0.2, 0) is 0 Å². The van der Waals surface area contributed by atoms with E-state index >= 15 is 0 Å². The largest absolute Gasteiger partial charge is 0.213 e. The zero-order chi connectivity index (χ0) is 14.7. The summed E-state index contributed by atoms with van der Waals surface area (Å²) in [5.74, 6) is 0. The number of pyridine rings is 1. The molecule has 1 heteroatoms. The summed E-state index contributed by atoms with van der Waals surface area (Å²) in [5.41, 5.74) is 5.02. The Labute approximate surface area is 126 Å². The third kappa shape index (κ3) is 2.87. The molecular weight excluding hydrogens is 254 g/mol. The van der Waals surface area contributed by atoms with Crippen LogP contribution in [0.25, 0.3) is 22.4 Å². The van der Waals surface area contributed by atoms with Crippen LogP contribution in [0.5, 0.6) is 0 Å². The van der Waals surface area contributed by atoms with Crippen molar-refractivity contribution in [2.75, 3.05) is 0 Å². The quantitative estimate of drug-likeness (QED) is 0.599. The second-order valence-corrected chi connectivity index (χ2v) is 5.53. The first-order valence-corrected chi connectivity index (χ1v) is 7.42. The van der Waals surface area contributed by atoms with Crippen molar-refractivity contribution in [3.63, 3.8) is 0 Å². The summed E-state index contributed by atoms with van der Waals surface area (Å²) >= 11 is 0. The summed E-state index contributed by atoms with van der Waals surface area (Å²) in [6, 6.07) is 26.0. The lowest BCUT2D eigenvalue weighted by Crippen LogP contribution is -2.38. The second kappa shape index (κ2) is 5.92. The number of aromatic nitrogens is 1. The fourth-order valence-corrected chi connectivity index (χ4v) is 2.61. The predicted octanol–water partition coefficient (Wildman–Crippen LogP) is 4.89. The Kier molecular flexibility index (Phi) is 3.83. The van der Waals surface area contributed by atoms with E-state index in [9.17, 15) is 0 Å². The van der Waals surface area contributed by atoms with Gasteiger partial charge in [-0.3, -0.25) is 0 Å². The Balaban J connectivity index is 2.16. The molecule has 0 fully saturated rings. The first-order valence-electron chi connectivity index (χ1n) is 7.42. The molecule has 0 N–H and O–H groups in total. The van der Waals surface area contributed by atoms with Crippen molar-refractivity contribution >= 4 is 0 Å². The Bertz CT molecular complexity index is 715. The van der Waals surface area contributed by atoms with E-state index in [4.69, 9.17) is 0 Å². The molecule has 0 aliphatic carbocycles.